The summed E-state index contributed by atoms with van der Waals surface area (Å²) in [5.74, 6) is -0.394. The van der Waals surface area contributed by atoms with Crippen LogP contribution in [0.3, 0.4) is 0 Å². The smallest absolute Gasteiger partial charge is 0.354 e. The van der Waals surface area contributed by atoms with Gasteiger partial charge in [-0.3, -0.25) is 0 Å². The van der Waals surface area contributed by atoms with Gasteiger partial charge in [-0.1, -0.05) is 0 Å². The number of ether oxygens (including phenoxy) is 1. The highest BCUT2D eigenvalue weighted by atomic mass is 32.1. The molecule has 0 fully saturated rings. The Morgan fingerprint density at radius 1 is 1.65 bits per heavy atom. The van der Waals surface area contributed by atoms with Crippen LogP contribution in [0.25, 0.3) is 0 Å². The Kier molecular flexibility index (Phi) is 3.14. The van der Waals surface area contributed by atoms with E-state index in [-0.39, 0.29) is 0 Å². The molecule has 90 valence electrons. The highest BCUT2D eigenvalue weighted by Gasteiger charge is 2.14. The first-order valence-electron chi connectivity index (χ1n) is 5.05. The van der Waals surface area contributed by atoms with Crippen molar-refractivity contribution in [1.29, 1.82) is 0 Å². The zero-order chi connectivity index (χ0) is 12.4. The topological polar surface area (TPSA) is 70.1 Å². The van der Waals surface area contributed by atoms with Gasteiger partial charge in [0, 0.05) is 17.3 Å². The molecule has 0 amide bonds. The lowest BCUT2D eigenvalue weighted by molar-refractivity contribution is 0.0589. The number of aryl methyl sites for hydroxylation is 1. The van der Waals surface area contributed by atoms with Crippen LogP contribution in [0, 0.1) is 6.92 Å². The molecule has 0 aliphatic carbocycles. The SMILES string of the molecule is COC(=O)c1cc(N)cn1Cc1nc(C)cs1. The second-order valence-corrected chi connectivity index (χ2v) is 4.60. The lowest BCUT2D eigenvalue weighted by Crippen LogP contribution is -2.10. The normalized spacial score (nSPS) is 10.5. The fourth-order valence-corrected chi connectivity index (χ4v) is 2.33. The third kappa shape index (κ3) is 2.47. The standard InChI is InChI=1S/C11H13N3O2S/c1-7-6-17-10(13-7)5-14-4-8(12)3-9(14)11(15)16-2/h3-4,6H,5,12H2,1-2H3. The number of anilines is 1. The van der Waals surface area contributed by atoms with Gasteiger partial charge in [-0.15, -0.1) is 11.3 Å². The Bertz CT molecular complexity index is 545. The Morgan fingerprint density at radius 3 is 3.00 bits per heavy atom. The highest BCUT2D eigenvalue weighted by Crippen LogP contribution is 2.16. The molecule has 0 spiro atoms. The summed E-state index contributed by atoms with van der Waals surface area (Å²) in [6.07, 6.45) is 1.71. The first-order chi connectivity index (χ1) is 8.10. The van der Waals surface area contributed by atoms with Gasteiger partial charge in [-0.05, 0) is 13.0 Å². The summed E-state index contributed by atoms with van der Waals surface area (Å²) in [7, 11) is 1.35. The average Bonchev–Trinajstić information content (AvgIpc) is 2.85. The molecular weight excluding hydrogens is 238 g/mol. The summed E-state index contributed by atoms with van der Waals surface area (Å²) in [4.78, 5) is 15.9. The molecule has 0 aliphatic rings. The van der Waals surface area contributed by atoms with Crippen molar-refractivity contribution in [2.45, 2.75) is 13.5 Å². The van der Waals surface area contributed by atoms with Crippen LogP contribution >= 0.6 is 11.3 Å². The van der Waals surface area contributed by atoms with E-state index in [1.807, 2.05) is 12.3 Å². The number of hydrogen-bond acceptors (Lipinski definition) is 5. The molecule has 0 radical (unpaired) electrons. The lowest BCUT2D eigenvalue weighted by atomic mass is 10.4. The number of esters is 1. The van der Waals surface area contributed by atoms with E-state index in [1.165, 1.54) is 7.11 Å². The number of nitrogens with zero attached hydrogens (tertiary/aromatic N) is 2. The Balaban J connectivity index is 2.29. The monoisotopic (exact) mass is 251 g/mol. The minimum absolute atomic E-state index is 0.394. The summed E-state index contributed by atoms with van der Waals surface area (Å²) in [6.45, 7) is 2.46. The maximum Gasteiger partial charge on any atom is 0.354 e. The molecule has 0 aliphatic heterocycles. The van der Waals surface area contributed by atoms with Crippen molar-refractivity contribution in [2.24, 2.45) is 0 Å². The van der Waals surface area contributed by atoms with Crippen LogP contribution in [0.2, 0.25) is 0 Å². The Labute approximate surface area is 103 Å². The van der Waals surface area contributed by atoms with E-state index in [9.17, 15) is 4.79 Å². The molecule has 17 heavy (non-hydrogen) atoms. The summed E-state index contributed by atoms with van der Waals surface area (Å²) in [6, 6.07) is 1.60. The van der Waals surface area contributed by atoms with Crippen molar-refractivity contribution < 1.29 is 9.53 Å². The molecule has 2 heterocycles. The van der Waals surface area contributed by atoms with Gasteiger partial charge in [0.1, 0.15) is 10.7 Å². The zero-order valence-corrected chi connectivity index (χ0v) is 10.5. The summed E-state index contributed by atoms with van der Waals surface area (Å²) < 4.78 is 6.45. The van der Waals surface area contributed by atoms with Crippen molar-refractivity contribution in [3.8, 4) is 0 Å². The van der Waals surface area contributed by atoms with Gasteiger partial charge in [-0.2, -0.15) is 0 Å². The minimum atomic E-state index is -0.394. The highest BCUT2D eigenvalue weighted by molar-refractivity contribution is 7.09. The predicted molar refractivity (Wildman–Crippen MR) is 66.1 cm³/mol. The van der Waals surface area contributed by atoms with E-state index in [4.69, 9.17) is 10.5 Å². The quantitative estimate of drug-likeness (QED) is 0.842. The van der Waals surface area contributed by atoms with Gasteiger partial charge in [0.05, 0.1) is 19.3 Å². The molecule has 0 saturated carbocycles. The lowest BCUT2D eigenvalue weighted by Gasteiger charge is -2.04. The second-order valence-electron chi connectivity index (χ2n) is 3.66. The molecule has 0 atom stereocenters. The number of carbonyl (C=O) groups is 1. The van der Waals surface area contributed by atoms with Crippen LogP contribution in [0.4, 0.5) is 5.69 Å². The van der Waals surface area contributed by atoms with Crippen LogP contribution in [-0.4, -0.2) is 22.6 Å². The molecular formula is C11H13N3O2S. The van der Waals surface area contributed by atoms with Gasteiger partial charge in [0.25, 0.3) is 0 Å². The third-order valence-electron chi connectivity index (χ3n) is 2.28. The maximum atomic E-state index is 11.5. The first kappa shape index (κ1) is 11.7. The molecule has 0 bridgehead atoms. The molecule has 0 saturated heterocycles. The van der Waals surface area contributed by atoms with E-state index in [2.05, 4.69) is 4.98 Å². The summed E-state index contributed by atoms with van der Waals surface area (Å²) >= 11 is 1.56. The van der Waals surface area contributed by atoms with Crippen LogP contribution in [0.1, 0.15) is 21.2 Å². The fraction of sp³-hybridized carbons (Fsp3) is 0.273. The first-order valence-corrected chi connectivity index (χ1v) is 5.93. The number of nitrogen functional groups attached to an aromatic ring is 1. The van der Waals surface area contributed by atoms with Crippen LogP contribution in [0.5, 0.6) is 0 Å². The van der Waals surface area contributed by atoms with Gasteiger partial charge in [0.2, 0.25) is 0 Å². The maximum absolute atomic E-state index is 11.5. The summed E-state index contributed by atoms with van der Waals surface area (Å²) in [5.41, 5.74) is 7.64. The molecule has 2 aromatic heterocycles. The number of rotatable bonds is 3. The third-order valence-corrected chi connectivity index (χ3v) is 3.24. The largest absolute Gasteiger partial charge is 0.464 e. The van der Waals surface area contributed by atoms with Crippen molar-refractivity contribution in [1.82, 2.24) is 9.55 Å². The number of carbonyl (C=O) groups excluding carboxylic acids is 1. The van der Waals surface area contributed by atoms with Crippen LogP contribution in [0.15, 0.2) is 17.6 Å². The average molecular weight is 251 g/mol. The Hall–Kier alpha value is -1.82. The van der Waals surface area contributed by atoms with Crippen molar-refractivity contribution >= 4 is 23.0 Å². The van der Waals surface area contributed by atoms with Gasteiger partial charge < -0.3 is 15.0 Å². The predicted octanol–water partition coefficient (Wildman–Crippen LogP) is 1.67. The number of thiazole rings is 1. The van der Waals surface area contributed by atoms with E-state index >= 15 is 0 Å². The molecule has 2 aromatic rings. The number of aromatic nitrogens is 2. The number of hydrogen-bond donors (Lipinski definition) is 1. The molecule has 6 heteroatoms. The van der Waals surface area contributed by atoms with Crippen molar-refractivity contribution in [3.63, 3.8) is 0 Å². The van der Waals surface area contributed by atoms with E-state index in [0.29, 0.717) is 17.9 Å². The Morgan fingerprint density at radius 2 is 2.41 bits per heavy atom. The molecule has 5 nitrogen and oxygen atoms in total. The number of methoxy groups -OCH3 is 1. The molecule has 2 rings (SSSR count). The van der Waals surface area contributed by atoms with Gasteiger partial charge >= 0.3 is 5.97 Å². The zero-order valence-electron chi connectivity index (χ0n) is 9.64. The van der Waals surface area contributed by atoms with Gasteiger partial charge in [0.15, 0.2) is 0 Å². The van der Waals surface area contributed by atoms with E-state index in [0.717, 1.165) is 10.7 Å². The van der Waals surface area contributed by atoms with E-state index in [1.54, 1.807) is 28.2 Å². The van der Waals surface area contributed by atoms with Gasteiger partial charge in [-0.25, -0.2) is 9.78 Å². The fourth-order valence-electron chi connectivity index (χ4n) is 1.56. The van der Waals surface area contributed by atoms with Crippen LogP contribution < -0.4 is 5.73 Å². The van der Waals surface area contributed by atoms with Crippen molar-refractivity contribution in [3.05, 3.63) is 34.0 Å². The molecule has 0 unspecified atom stereocenters. The molecule has 2 N–H and O–H groups in total. The number of nitrogens with two attached hydrogens (primary N) is 1. The van der Waals surface area contributed by atoms with E-state index < -0.39 is 5.97 Å². The minimum Gasteiger partial charge on any atom is -0.464 e. The summed E-state index contributed by atoms with van der Waals surface area (Å²) in [5, 5.41) is 2.91. The van der Waals surface area contributed by atoms with Crippen molar-refractivity contribution in [2.75, 3.05) is 12.8 Å². The second kappa shape index (κ2) is 4.58. The van der Waals surface area contributed by atoms with Crippen LogP contribution in [-0.2, 0) is 11.3 Å². The molecule has 0 aromatic carbocycles.